The molecule has 3 rings (SSSR count). The van der Waals surface area contributed by atoms with Crippen molar-refractivity contribution in [2.24, 2.45) is 11.8 Å². The van der Waals surface area contributed by atoms with E-state index in [2.05, 4.69) is 10.6 Å². The van der Waals surface area contributed by atoms with Crippen molar-refractivity contribution >= 4 is 5.91 Å². The van der Waals surface area contributed by atoms with Crippen LogP contribution in [0.25, 0.3) is 0 Å². The van der Waals surface area contributed by atoms with Gasteiger partial charge in [-0.3, -0.25) is 4.79 Å². The Hall–Kier alpha value is -0.570. The van der Waals surface area contributed by atoms with E-state index < -0.39 is 0 Å². The Balaban J connectivity index is 1.39. The summed E-state index contributed by atoms with van der Waals surface area (Å²) in [5.74, 6) is 1.98. The van der Waals surface area contributed by atoms with Gasteiger partial charge in [-0.2, -0.15) is 0 Å². The van der Waals surface area contributed by atoms with E-state index >= 15 is 0 Å². The molecule has 3 atom stereocenters. The molecule has 3 unspecified atom stereocenters. The molecule has 1 heterocycles. The van der Waals surface area contributed by atoms with Crippen molar-refractivity contribution in [3.8, 4) is 0 Å². The van der Waals surface area contributed by atoms with Gasteiger partial charge >= 0.3 is 0 Å². The van der Waals surface area contributed by atoms with Crippen LogP contribution in [0.4, 0.5) is 0 Å². The van der Waals surface area contributed by atoms with Gasteiger partial charge in [-0.1, -0.05) is 32.1 Å². The molecule has 19 heavy (non-hydrogen) atoms. The third-order valence-corrected chi connectivity index (χ3v) is 5.54. The summed E-state index contributed by atoms with van der Waals surface area (Å²) in [7, 11) is 0. The molecule has 108 valence electrons. The Kier molecular flexibility index (Phi) is 4.42. The number of amides is 1. The fourth-order valence-electron chi connectivity index (χ4n) is 4.01. The number of hydrogen-bond acceptors (Lipinski definition) is 2. The molecular weight excluding hydrogens is 236 g/mol. The molecule has 3 fully saturated rings. The van der Waals surface area contributed by atoms with E-state index in [-0.39, 0.29) is 11.9 Å². The maximum Gasteiger partial charge on any atom is 0.237 e. The zero-order valence-electron chi connectivity index (χ0n) is 12.0. The SMILES string of the molecule is O=C(NCCC1CCC1)C1CCC2CCCCC2N1. The minimum Gasteiger partial charge on any atom is -0.355 e. The summed E-state index contributed by atoms with van der Waals surface area (Å²) in [6.07, 6.45) is 13.0. The second-order valence-electron chi connectivity index (χ2n) is 6.82. The molecule has 1 saturated heterocycles. The van der Waals surface area contributed by atoms with E-state index in [4.69, 9.17) is 0 Å². The van der Waals surface area contributed by atoms with Crippen LogP contribution < -0.4 is 10.6 Å². The van der Waals surface area contributed by atoms with Crippen molar-refractivity contribution in [1.82, 2.24) is 10.6 Å². The van der Waals surface area contributed by atoms with Gasteiger partial charge in [-0.15, -0.1) is 0 Å². The van der Waals surface area contributed by atoms with Gasteiger partial charge in [0, 0.05) is 12.6 Å². The summed E-state index contributed by atoms with van der Waals surface area (Å²) in [5, 5.41) is 6.75. The lowest BCUT2D eigenvalue weighted by molar-refractivity contribution is -0.124. The quantitative estimate of drug-likeness (QED) is 0.819. The van der Waals surface area contributed by atoms with Crippen LogP contribution in [-0.4, -0.2) is 24.5 Å². The van der Waals surface area contributed by atoms with Crippen molar-refractivity contribution in [3.05, 3.63) is 0 Å². The summed E-state index contributed by atoms with van der Waals surface area (Å²) < 4.78 is 0. The van der Waals surface area contributed by atoms with Crippen LogP contribution in [0.2, 0.25) is 0 Å². The summed E-state index contributed by atoms with van der Waals surface area (Å²) in [6, 6.07) is 0.700. The normalized spacial score (nSPS) is 35.3. The van der Waals surface area contributed by atoms with Gasteiger partial charge in [-0.05, 0) is 43.9 Å². The molecule has 0 aromatic carbocycles. The molecule has 2 saturated carbocycles. The maximum absolute atomic E-state index is 12.2. The number of carbonyl (C=O) groups is 1. The summed E-state index contributed by atoms with van der Waals surface area (Å²) in [6.45, 7) is 0.885. The predicted molar refractivity (Wildman–Crippen MR) is 76.9 cm³/mol. The highest BCUT2D eigenvalue weighted by molar-refractivity contribution is 5.81. The summed E-state index contributed by atoms with van der Waals surface area (Å²) in [4.78, 5) is 12.2. The summed E-state index contributed by atoms with van der Waals surface area (Å²) in [5.41, 5.74) is 0. The molecule has 3 aliphatic rings. The van der Waals surface area contributed by atoms with Gasteiger partial charge in [0.2, 0.25) is 5.91 Å². The molecule has 0 radical (unpaired) electrons. The Morgan fingerprint density at radius 1 is 1.00 bits per heavy atom. The van der Waals surface area contributed by atoms with Crippen LogP contribution in [0, 0.1) is 11.8 Å². The van der Waals surface area contributed by atoms with Gasteiger partial charge in [0.1, 0.15) is 0 Å². The molecule has 0 bridgehead atoms. The Morgan fingerprint density at radius 3 is 2.63 bits per heavy atom. The molecule has 3 nitrogen and oxygen atoms in total. The van der Waals surface area contributed by atoms with E-state index in [9.17, 15) is 4.79 Å². The first-order valence-electron chi connectivity index (χ1n) is 8.36. The molecule has 1 aliphatic heterocycles. The maximum atomic E-state index is 12.2. The number of fused-ring (bicyclic) bond motifs is 1. The van der Waals surface area contributed by atoms with Gasteiger partial charge in [0.15, 0.2) is 0 Å². The van der Waals surface area contributed by atoms with Crippen LogP contribution in [0.1, 0.15) is 64.2 Å². The molecule has 0 spiro atoms. The van der Waals surface area contributed by atoms with Gasteiger partial charge in [-0.25, -0.2) is 0 Å². The van der Waals surface area contributed by atoms with Crippen LogP contribution in [0.3, 0.4) is 0 Å². The third-order valence-electron chi connectivity index (χ3n) is 5.54. The number of nitrogens with one attached hydrogen (secondary N) is 2. The van der Waals surface area contributed by atoms with Crippen molar-refractivity contribution in [2.45, 2.75) is 76.3 Å². The highest BCUT2D eigenvalue weighted by Crippen LogP contribution is 2.32. The minimum atomic E-state index is 0.0840. The van der Waals surface area contributed by atoms with Crippen molar-refractivity contribution in [1.29, 1.82) is 0 Å². The second-order valence-corrected chi connectivity index (χ2v) is 6.82. The largest absolute Gasteiger partial charge is 0.355 e. The molecule has 2 aliphatic carbocycles. The van der Waals surface area contributed by atoms with Crippen LogP contribution in [-0.2, 0) is 4.79 Å². The smallest absolute Gasteiger partial charge is 0.237 e. The summed E-state index contributed by atoms with van der Waals surface area (Å²) >= 11 is 0. The van der Waals surface area contributed by atoms with E-state index in [0.717, 1.165) is 24.8 Å². The Labute approximate surface area is 116 Å². The lowest BCUT2D eigenvalue weighted by Gasteiger charge is -2.40. The number of piperidine rings is 1. The average Bonchev–Trinajstić information content (AvgIpc) is 2.40. The molecule has 0 aromatic heterocycles. The topological polar surface area (TPSA) is 41.1 Å². The molecular formula is C16H28N2O. The van der Waals surface area contributed by atoms with E-state index in [1.165, 1.54) is 57.8 Å². The number of rotatable bonds is 4. The lowest BCUT2D eigenvalue weighted by Crippen LogP contribution is -2.55. The first-order valence-corrected chi connectivity index (χ1v) is 8.36. The highest BCUT2D eigenvalue weighted by atomic mass is 16.2. The van der Waals surface area contributed by atoms with Crippen molar-refractivity contribution in [3.63, 3.8) is 0 Å². The zero-order valence-corrected chi connectivity index (χ0v) is 12.0. The fourth-order valence-corrected chi connectivity index (χ4v) is 4.01. The van der Waals surface area contributed by atoms with E-state index in [0.29, 0.717) is 6.04 Å². The van der Waals surface area contributed by atoms with Gasteiger partial charge in [0.25, 0.3) is 0 Å². The average molecular weight is 264 g/mol. The molecule has 1 amide bonds. The van der Waals surface area contributed by atoms with Gasteiger partial charge < -0.3 is 10.6 Å². The van der Waals surface area contributed by atoms with Crippen molar-refractivity contribution < 1.29 is 4.79 Å². The standard InChI is InChI=1S/C16H28N2O/c19-16(17-11-10-12-4-3-5-12)15-9-8-13-6-1-2-7-14(13)18-15/h12-15,18H,1-11H2,(H,17,19). The highest BCUT2D eigenvalue weighted by Gasteiger charge is 2.34. The Bertz CT molecular complexity index is 314. The van der Waals surface area contributed by atoms with Gasteiger partial charge in [0.05, 0.1) is 6.04 Å². The third kappa shape index (κ3) is 3.31. The predicted octanol–water partition coefficient (Wildman–Crippen LogP) is 2.60. The second kappa shape index (κ2) is 6.25. The number of hydrogen-bond donors (Lipinski definition) is 2. The number of carbonyl (C=O) groups excluding carboxylic acids is 1. The van der Waals surface area contributed by atoms with Crippen LogP contribution >= 0.6 is 0 Å². The molecule has 0 aromatic rings. The van der Waals surface area contributed by atoms with E-state index in [1.807, 2.05) is 0 Å². The lowest BCUT2D eigenvalue weighted by atomic mass is 9.77. The zero-order chi connectivity index (χ0) is 13.1. The minimum absolute atomic E-state index is 0.0840. The first-order chi connectivity index (χ1) is 9.33. The molecule has 3 heteroatoms. The van der Waals surface area contributed by atoms with E-state index in [1.54, 1.807) is 0 Å². The van der Waals surface area contributed by atoms with Crippen LogP contribution in [0.5, 0.6) is 0 Å². The monoisotopic (exact) mass is 264 g/mol. The fraction of sp³-hybridized carbons (Fsp3) is 0.938. The van der Waals surface area contributed by atoms with Crippen LogP contribution in [0.15, 0.2) is 0 Å². The molecule has 2 N–H and O–H groups in total. The van der Waals surface area contributed by atoms with Crippen molar-refractivity contribution in [2.75, 3.05) is 6.54 Å². The Morgan fingerprint density at radius 2 is 1.84 bits per heavy atom. The first kappa shape index (κ1) is 13.4.